The summed E-state index contributed by atoms with van der Waals surface area (Å²) >= 11 is 0. The molecule has 0 radical (unpaired) electrons. The Kier molecular flexibility index (Phi) is 12.4. The molecule has 0 aromatic carbocycles. The second kappa shape index (κ2) is 15.2. The van der Waals surface area contributed by atoms with Crippen molar-refractivity contribution < 1.29 is 47.9 Å². The van der Waals surface area contributed by atoms with E-state index in [4.69, 9.17) is 20.9 Å². The van der Waals surface area contributed by atoms with E-state index >= 15 is 0 Å². The van der Waals surface area contributed by atoms with Crippen LogP contribution in [0, 0.1) is 11.8 Å². The maximum atomic E-state index is 12.2. The molecule has 0 spiro atoms. The van der Waals surface area contributed by atoms with Crippen molar-refractivity contribution in [2.24, 2.45) is 23.3 Å². The highest BCUT2D eigenvalue weighted by Crippen LogP contribution is 2.28. The molecule has 2 saturated carbocycles. The maximum Gasteiger partial charge on any atom is 0.441 e. The third-order valence-corrected chi connectivity index (χ3v) is 6.81. The Balaban J connectivity index is 1.65. The fourth-order valence-electron chi connectivity index (χ4n) is 4.58. The number of nitrogens with zero attached hydrogens (tertiary/aromatic N) is 2. The topological polar surface area (TPSA) is 222 Å². The van der Waals surface area contributed by atoms with Crippen LogP contribution in [-0.4, -0.2) is 98.2 Å². The summed E-state index contributed by atoms with van der Waals surface area (Å²) < 4.78 is 10.4. The molecule has 16 heteroatoms. The van der Waals surface area contributed by atoms with Gasteiger partial charge in [-0.1, -0.05) is 0 Å². The van der Waals surface area contributed by atoms with E-state index in [2.05, 4.69) is 9.68 Å². The van der Waals surface area contributed by atoms with E-state index in [1.165, 1.54) is 9.80 Å². The van der Waals surface area contributed by atoms with Gasteiger partial charge in [0, 0.05) is 52.1 Å². The number of ether oxygens (including phenoxy) is 2. The first-order valence-electron chi connectivity index (χ1n) is 13.0. The number of carbonyl (C=O) groups is 6. The van der Waals surface area contributed by atoms with Crippen LogP contribution in [0.15, 0.2) is 0 Å². The van der Waals surface area contributed by atoms with Crippen LogP contribution in [0.3, 0.4) is 0 Å². The summed E-state index contributed by atoms with van der Waals surface area (Å²) in [5, 5.41) is 0. The first kappa shape index (κ1) is 32.6. The summed E-state index contributed by atoms with van der Waals surface area (Å²) in [6.45, 7) is 0. The smallest absolute Gasteiger partial charge is 0.441 e. The van der Waals surface area contributed by atoms with Gasteiger partial charge in [0.1, 0.15) is 12.2 Å². The van der Waals surface area contributed by atoms with Crippen LogP contribution in [0.1, 0.15) is 51.4 Å². The second-order valence-corrected chi connectivity index (χ2v) is 10.4. The highest BCUT2D eigenvalue weighted by Gasteiger charge is 2.36. The third-order valence-electron chi connectivity index (χ3n) is 6.81. The molecule has 226 valence electrons. The van der Waals surface area contributed by atoms with Gasteiger partial charge in [0.2, 0.25) is 11.8 Å². The van der Waals surface area contributed by atoms with Crippen molar-refractivity contribution in [1.82, 2.24) is 20.8 Å². The van der Waals surface area contributed by atoms with Crippen molar-refractivity contribution in [2.75, 3.05) is 28.2 Å². The normalized spacial score (nSPS) is 25.9. The minimum atomic E-state index is -1.07. The van der Waals surface area contributed by atoms with Gasteiger partial charge in [0.25, 0.3) is 0 Å². The molecule has 6 N–H and O–H groups in total. The molecular formula is C24H40N6O10. The zero-order valence-electron chi connectivity index (χ0n) is 23.3. The molecule has 0 unspecified atom stereocenters. The van der Waals surface area contributed by atoms with Gasteiger partial charge < -0.3 is 40.4 Å². The molecule has 16 nitrogen and oxygen atoms in total. The average Bonchev–Trinajstić information content (AvgIpc) is 2.91. The number of amides is 4. The number of hydrogen-bond donors (Lipinski definition) is 4. The van der Waals surface area contributed by atoms with Crippen LogP contribution >= 0.6 is 0 Å². The van der Waals surface area contributed by atoms with Gasteiger partial charge in [-0.15, -0.1) is 11.0 Å². The lowest BCUT2D eigenvalue weighted by Crippen LogP contribution is -2.47. The van der Waals surface area contributed by atoms with Crippen molar-refractivity contribution in [3.05, 3.63) is 0 Å². The molecule has 0 heterocycles. The molecule has 2 aliphatic rings. The van der Waals surface area contributed by atoms with Gasteiger partial charge in [-0.05, 0) is 38.5 Å². The lowest BCUT2D eigenvalue weighted by atomic mass is 9.83. The van der Waals surface area contributed by atoms with Crippen molar-refractivity contribution in [2.45, 2.75) is 75.7 Å². The SMILES string of the molecule is CN(C)C(=O)[C@H]1CC[C@H](N)[C@H](OC(=O)NOC(=O)CCC(=O)ONC(=O)O[C@@H]2C[C@@H](C(=O)N(C)C)CC[C@@H]2N)C1. The van der Waals surface area contributed by atoms with E-state index in [-0.39, 0.29) is 36.5 Å². The molecule has 2 fully saturated rings. The predicted octanol–water partition coefficient (Wildman–Crippen LogP) is -0.696. The van der Waals surface area contributed by atoms with Crippen molar-refractivity contribution in [3.8, 4) is 0 Å². The fraction of sp³-hybridized carbons (Fsp3) is 0.750. The Labute approximate surface area is 232 Å². The lowest BCUT2D eigenvalue weighted by molar-refractivity contribution is -0.157. The van der Waals surface area contributed by atoms with Crippen LogP contribution in [0.5, 0.6) is 0 Å². The highest BCUT2D eigenvalue weighted by molar-refractivity contribution is 5.80. The quantitative estimate of drug-likeness (QED) is 0.220. The monoisotopic (exact) mass is 572 g/mol. The molecule has 0 aromatic heterocycles. The minimum absolute atomic E-state index is 0.0929. The second-order valence-electron chi connectivity index (χ2n) is 10.4. The summed E-state index contributed by atoms with van der Waals surface area (Å²) in [7, 11) is 6.54. The van der Waals surface area contributed by atoms with Crippen molar-refractivity contribution >= 4 is 35.9 Å². The van der Waals surface area contributed by atoms with E-state index in [0.717, 1.165) is 0 Å². The van der Waals surface area contributed by atoms with E-state index < -0.39 is 61.3 Å². The first-order valence-corrected chi connectivity index (χ1v) is 13.0. The molecule has 2 aliphatic carbocycles. The first-order chi connectivity index (χ1) is 18.8. The molecule has 0 aliphatic heterocycles. The molecule has 40 heavy (non-hydrogen) atoms. The Morgan fingerprint density at radius 1 is 0.650 bits per heavy atom. The lowest BCUT2D eigenvalue weighted by Gasteiger charge is -2.33. The van der Waals surface area contributed by atoms with Gasteiger partial charge in [-0.25, -0.2) is 19.2 Å². The molecule has 6 atom stereocenters. The Morgan fingerprint density at radius 2 is 1.00 bits per heavy atom. The van der Waals surface area contributed by atoms with Gasteiger partial charge in [0.15, 0.2) is 0 Å². The van der Waals surface area contributed by atoms with E-state index in [1.54, 1.807) is 28.2 Å². The van der Waals surface area contributed by atoms with Crippen LogP contribution < -0.4 is 22.4 Å². The Bertz CT molecular complexity index is 871. The van der Waals surface area contributed by atoms with Crippen LogP contribution in [0.2, 0.25) is 0 Å². The zero-order valence-corrected chi connectivity index (χ0v) is 23.3. The summed E-state index contributed by atoms with van der Waals surface area (Å²) in [6, 6.07) is -0.949. The molecule has 0 aromatic rings. The predicted molar refractivity (Wildman–Crippen MR) is 136 cm³/mol. The van der Waals surface area contributed by atoms with Gasteiger partial charge >= 0.3 is 24.1 Å². The molecule has 0 bridgehead atoms. The number of hydrogen-bond acceptors (Lipinski definition) is 12. The highest BCUT2D eigenvalue weighted by atomic mass is 16.7. The number of nitrogens with one attached hydrogen (secondary N) is 2. The van der Waals surface area contributed by atoms with Gasteiger partial charge in [-0.3, -0.25) is 9.59 Å². The zero-order chi connectivity index (χ0) is 30.0. The molecular weight excluding hydrogens is 532 g/mol. The summed E-state index contributed by atoms with van der Waals surface area (Å²) in [6.07, 6.45) is -2.03. The molecule has 0 saturated heterocycles. The summed E-state index contributed by atoms with van der Waals surface area (Å²) in [4.78, 5) is 84.2. The number of carbonyl (C=O) groups excluding carboxylic acids is 6. The molecule has 2 rings (SSSR count). The fourth-order valence-corrected chi connectivity index (χ4v) is 4.58. The van der Waals surface area contributed by atoms with Crippen LogP contribution in [-0.2, 0) is 38.3 Å². The van der Waals surface area contributed by atoms with E-state index in [9.17, 15) is 28.8 Å². The summed E-state index contributed by atoms with van der Waals surface area (Å²) in [5.41, 5.74) is 15.6. The van der Waals surface area contributed by atoms with Gasteiger partial charge in [0.05, 0.1) is 12.8 Å². The maximum absolute atomic E-state index is 12.2. The Morgan fingerprint density at radius 3 is 1.32 bits per heavy atom. The Hall–Kier alpha value is -3.66. The van der Waals surface area contributed by atoms with Gasteiger partial charge in [-0.2, -0.15) is 0 Å². The number of nitrogens with two attached hydrogens (primary N) is 2. The standard InChI is InChI=1S/C24H40N6O10/c1-29(2)21(33)13-5-7-15(25)17(11-13)37-23(35)27-39-19(31)9-10-20(32)40-28-24(36)38-18-12-14(6-8-16(18)26)22(34)30(3)4/h13-18H,5-12,25-26H2,1-4H3,(H,27,35)(H,28,36)/t13-,14-,15-,16-,17+,18+/m0/s1. The minimum Gasteiger partial charge on any atom is -0.442 e. The summed E-state index contributed by atoms with van der Waals surface area (Å²) in [5.74, 6) is -2.81. The largest absolute Gasteiger partial charge is 0.442 e. The van der Waals surface area contributed by atoms with Crippen LogP contribution in [0.25, 0.3) is 0 Å². The third kappa shape index (κ3) is 10.1. The average molecular weight is 573 g/mol. The van der Waals surface area contributed by atoms with E-state index in [1.807, 2.05) is 11.0 Å². The van der Waals surface area contributed by atoms with Crippen molar-refractivity contribution in [3.63, 3.8) is 0 Å². The van der Waals surface area contributed by atoms with E-state index in [0.29, 0.717) is 25.7 Å². The van der Waals surface area contributed by atoms with Crippen molar-refractivity contribution in [1.29, 1.82) is 0 Å². The number of rotatable bonds is 7. The van der Waals surface area contributed by atoms with Crippen LogP contribution in [0.4, 0.5) is 9.59 Å². The molecule has 4 amide bonds. The number of hydroxylamine groups is 2.